The van der Waals surface area contributed by atoms with Crippen LogP contribution in [0.5, 0.6) is 0 Å². The van der Waals surface area contributed by atoms with Crippen molar-refractivity contribution in [1.82, 2.24) is 24.5 Å². The lowest BCUT2D eigenvalue weighted by molar-refractivity contribution is 0.0777. The number of likely N-dealkylation sites (tertiary alicyclic amines) is 1. The molecule has 4 rings (SSSR count). The highest BCUT2D eigenvalue weighted by molar-refractivity contribution is 5.92. The Bertz CT molecular complexity index is 902. The van der Waals surface area contributed by atoms with Crippen LogP contribution in [0.15, 0.2) is 54.9 Å². The highest BCUT2D eigenvalue weighted by Gasteiger charge is 2.29. The summed E-state index contributed by atoms with van der Waals surface area (Å²) in [6.07, 6.45) is 4.69. The molecule has 3 heterocycles. The van der Waals surface area contributed by atoms with Crippen LogP contribution in [-0.4, -0.2) is 43.5 Å². The largest absolute Gasteiger partial charge is 0.370 e. The zero-order chi connectivity index (χ0) is 18.6. The Kier molecular flexibility index (Phi) is 5.02. The number of carbonyl (C=O) groups is 1. The molecule has 0 bridgehead atoms. The highest BCUT2D eigenvalue weighted by atomic mass is 16.5. The summed E-state index contributed by atoms with van der Waals surface area (Å²) in [6.45, 7) is 2.36. The monoisotopic (exact) mass is 365 g/mol. The van der Waals surface area contributed by atoms with Crippen LogP contribution in [0.4, 0.5) is 0 Å². The molecule has 140 valence electrons. The predicted molar refractivity (Wildman–Crippen MR) is 99.9 cm³/mol. The molecule has 3 aromatic rings. The highest BCUT2D eigenvalue weighted by Crippen LogP contribution is 2.22. The molecule has 1 unspecified atom stereocenters. The molecule has 1 amide bonds. The van der Waals surface area contributed by atoms with Crippen LogP contribution in [0.25, 0.3) is 0 Å². The summed E-state index contributed by atoms with van der Waals surface area (Å²) >= 11 is 0. The maximum Gasteiger partial charge on any atom is 0.270 e. The number of amides is 1. The van der Waals surface area contributed by atoms with Gasteiger partial charge < -0.3 is 14.2 Å². The van der Waals surface area contributed by atoms with E-state index in [0.717, 1.165) is 24.2 Å². The summed E-state index contributed by atoms with van der Waals surface area (Å²) in [5.41, 5.74) is 2.65. The summed E-state index contributed by atoms with van der Waals surface area (Å²) in [7, 11) is 1.89. The van der Waals surface area contributed by atoms with Crippen molar-refractivity contribution in [2.45, 2.75) is 25.7 Å². The van der Waals surface area contributed by atoms with E-state index in [1.807, 2.05) is 76.1 Å². The number of benzene rings is 1. The Morgan fingerprint density at radius 1 is 1.19 bits per heavy atom. The molecule has 0 saturated carbocycles. The molecule has 0 N–H and O–H groups in total. The van der Waals surface area contributed by atoms with Gasteiger partial charge in [0.2, 0.25) is 0 Å². The second kappa shape index (κ2) is 7.75. The SMILES string of the molecule is Cn1cccc1C(=O)N1CCC(n2cc(COCc3ccccc3)nn2)C1. The van der Waals surface area contributed by atoms with Gasteiger partial charge in [-0.1, -0.05) is 35.5 Å². The smallest absolute Gasteiger partial charge is 0.270 e. The molecule has 1 saturated heterocycles. The minimum atomic E-state index is 0.0662. The van der Waals surface area contributed by atoms with E-state index in [4.69, 9.17) is 4.74 Å². The molecule has 0 spiro atoms. The summed E-state index contributed by atoms with van der Waals surface area (Å²) in [4.78, 5) is 14.5. The first kappa shape index (κ1) is 17.5. The van der Waals surface area contributed by atoms with Crippen LogP contribution in [0.3, 0.4) is 0 Å². The lowest BCUT2D eigenvalue weighted by Gasteiger charge is -2.16. The topological polar surface area (TPSA) is 65.2 Å². The van der Waals surface area contributed by atoms with Gasteiger partial charge in [-0.25, -0.2) is 4.68 Å². The number of aromatic nitrogens is 4. The van der Waals surface area contributed by atoms with Crippen LogP contribution in [0, 0.1) is 0 Å². The molecule has 1 aliphatic heterocycles. The van der Waals surface area contributed by atoms with Crippen molar-refractivity contribution < 1.29 is 9.53 Å². The molecule has 1 atom stereocenters. The van der Waals surface area contributed by atoms with E-state index in [1.54, 1.807) is 0 Å². The van der Waals surface area contributed by atoms with E-state index >= 15 is 0 Å². The van der Waals surface area contributed by atoms with E-state index in [1.165, 1.54) is 0 Å². The molecule has 0 aliphatic carbocycles. The van der Waals surface area contributed by atoms with E-state index in [9.17, 15) is 4.79 Å². The summed E-state index contributed by atoms with van der Waals surface area (Å²) in [5, 5.41) is 8.45. The van der Waals surface area contributed by atoms with Crippen molar-refractivity contribution in [3.05, 3.63) is 71.8 Å². The summed E-state index contributed by atoms with van der Waals surface area (Å²) in [5.74, 6) is 0.0662. The Morgan fingerprint density at radius 3 is 2.81 bits per heavy atom. The van der Waals surface area contributed by atoms with E-state index in [2.05, 4.69) is 10.3 Å². The van der Waals surface area contributed by atoms with Crippen LogP contribution < -0.4 is 0 Å². The van der Waals surface area contributed by atoms with E-state index < -0.39 is 0 Å². The average molecular weight is 365 g/mol. The van der Waals surface area contributed by atoms with Crippen molar-refractivity contribution in [1.29, 1.82) is 0 Å². The number of hydrogen-bond donors (Lipinski definition) is 0. The van der Waals surface area contributed by atoms with Crippen molar-refractivity contribution in [3.63, 3.8) is 0 Å². The van der Waals surface area contributed by atoms with Gasteiger partial charge in [0.25, 0.3) is 5.91 Å². The van der Waals surface area contributed by atoms with Crippen LogP contribution in [0.2, 0.25) is 0 Å². The molecule has 0 radical (unpaired) electrons. The van der Waals surface area contributed by atoms with Gasteiger partial charge in [-0.2, -0.15) is 0 Å². The van der Waals surface area contributed by atoms with E-state index in [0.29, 0.717) is 25.5 Å². The van der Waals surface area contributed by atoms with Gasteiger partial charge in [-0.05, 0) is 24.1 Å². The van der Waals surface area contributed by atoms with Crippen molar-refractivity contribution in [2.24, 2.45) is 7.05 Å². The van der Waals surface area contributed by atoms with Crippen LogP contribution >= 0.6 is 0 Å². The Balaban J connectivity index is 1.31. The molecule has 27 heavy (non-hydrogen) atoms. The first-order chi connectivity index (χ1) is 13.2. The van der Waals surface area contributed by atoms with Crippen molar-refractivity contribution >= 4 is 5.91 Å². The molecule has 1 aliphatic rings. The Morgan fingerprint density at radius 2 is 2.04 bits per heavy atom. The number of hydrogen-bond acceptors (Lipinski definition) is 4. The van der Waals surface area contributed by atoms with Gasteiger partial charge in [0.05, 0.1) is 25.5 Å². The fourth-order valence-corrected chi connectivity index (χ4v) is 3.39. The lowest BCUT2D eigenvalue weighted by atomic mass is 10.2. The fraction of sp³-hybridized carbons (Fsp3) is 0.350. The molecule has 1 fully saturated rings. The number of carbonyl (C=O) groups excluding carboxylic acids is 1. The maximum atomic E-state index is 12.6. The zero-order valence-corrected chi connectivity index (χ0v) is 15.4. The first-order valence-corrected chi connectivity index (χ1v) is 9.13. The number of rotatable bonds is 6. The minimum absolute atomic E-state index is 0.0662. The summed E-state index contributed by atoms with van der Waals surface area (Å²) in [6, 6.07) is 14.0. The third kappa shape index (κ3) is 3.93. The van der Waals surface area contributed by atoms with Crippen molar-refractivity contribution in [2.75, 3.05) is 13.1 Å². The second-order valence-corrected chi connectivity index (χ2v) is 6.87. The second-order valence-electron chi connectivity index (χ2n) is 6.87. The molecular weight excluding hydrogens is 342 g/mol. The predicted octanol–water partition coefficient (Wildman–Crippen LogP) is 2.42. The molecule has 7 heteroatoms. The fourth-order valence-electron chi connectivity index (χ4n) is 3.39. The summed E-state index contributed by atoms with van der Waals surface area (Å²) < 4.78 is 9.44. The maximum absolute atomic E-state index is 12.6. The Labute approximate surface area is 158 Å². The average Bonchev–Trinajstić information content (AvgIpc) is 3.42. The number of aryl methyl sites for hydroxylation is 1. The third-order valence-corrected chi connectivity index (χ3v) is 4.91. The molecule has 7 nitrogen and oxygen atoms in total. The molecule has 2 aromatic heterocycles. The van der Waals surface area contributed by atoms with Gasteiger partial charge in [-0.15, -0.1) is 5.10 Å². The zero-order valence-electron chi connectivity index (χ0n) is 15.4. The normalized spacial score (nSPS) is 16.8. The van der Waals surface area contributed by atoms with Crippen LogP contribution in [0.1, 0.15) is 34.2 Å². The van der Waals surface area contributed by atoms with Gasteiger partial charge in [0, 0.05) is 26.3 Å². The third-order valence-electron chi connectivity index (χ3n) is 4.91. The number of nitrogens with zero attached hydrogens (tertiary/aromatic N) is 5. The van der Waals surface area contributed by atoms with Crippen molar-refractivity contribution in [3.8, 4) is 0 Å². The van der Waals surface area contributed by atoms with Gasteiger partial charge in [0.1, 0.15) is 11.4 Å². The van der Waals surface area contributed by atoms with Gasteiger partial charge in [0.15, 0.2) is 0 Å². The van der Waals surface area contributed by atoms with Crippen LogP contribution in [-0.2, 0) is 25.0 Å². The minimum Gasteiger partial charge on any atom is -0.370 e. The quantitative estimate of drug-likeness (QED) is 0.673. The lowest BCUT2D eigenvalue weighted by Crippen LogP contribution is -2.30. The molecule has 1 aromatic carbocycles. The number of ether oxygens (including phenoxy) is 1. The van der Waals surface area contributed by atoms with Gasteiger partial charge >= 0.3 is 0 Å². The Hall–Kier alpha value is -2.93. The molecular formula is C20H23N5O2. The van der Waals surface area contributed by atoms with E-state index in [-0.39, 0.29) is 11.9 Å². The first-order valence-electron chi connectivity index (χ1n) is 9.13. The standard InChI is InChI=1S/C20H23N5O2/c1-23-10-5-8-19(23)20(26)24-11-9-18(13-24)25-12-17(21-22-25)15-27-14-16-6-3-2-4-7-16/h2-8,10,12,18H,9,11,13-15H2,1H3. The van der Waals surface area contributed by atoms with Gasteiger partial charge in [-0.3, -0.25) is 4.79 Å².